The van der Waals surface area contributed by atoms with Gasteiger partial charge in [-0.2, -0.15) is 5.26 Å². The molecule has 0 saturated heterocycles. The van der Waals surface area contributed by atoms with Gasteiger partial charge in [-0.1, -0.05) is 0 Å². The van der Waals surface area contributed by atoms with Gasteiger partial charge in [0.05, 0.1) is 17.6 Å². The van der Waals surface area contributed by atoms with Crippen LogP contribution in [0.4, 0.5) is 11.4 Å². The van der Waals surface area contributed by atoms with Crippen molar-refractivity contribution in [2.75, 3.05) is 19.8 Å². The third-order valence-corrected chi connectivity index (χ3v) is 1.88. The average Bonchev–Trinajstić information content (AvgIpc) is 2.13. The van der Waals surface area contributed by atoms with Crippen molar-refractivity contribution >= 4 is 17.7 Å². The van der Waals surface area contributed by atoms with Crippen LogP contribution < -0.4 is 5.73 Å². The number of aryl methyl sites for hydroxylation is 1. The highest BCUT2D eigenvalue weighted by Crippen LogP contribution is 2.25. The summed E-state index contributed by atoms with van der Waals surface area (Å²) in [6, 6.07) is 5.60. The van der Waals surface area contributed by atoms with Gasteiger partial charge in [-0.3, -0.25) is 0 Å². The van der Waals surface area contributed by atoms with Crippen molar-refractivity contribution in [1.29, 1.82) is 5.26 Å². The fourth-order valence-electron chi connectivity index (χ4n) is 1.22. The van der Waals surface area contributed by atoms with Crippen LogP contribution in [0, 0.1) is 18.3 Å². The van der Waals surface area contributed by atoms with Crippen LogP contribution in [0.15, 0.2) is 17.1 Å². The summed E-state index contributed by atoms with van der Waals surface area (Å²) in [5.74, 6) is 0. The number of nitrogens with zero attached hydrogens (tertiary/aromatic N) is 3. The second-order valence-electron chi connectivity index (χ2n) is 3.55. The standard InChI is InChI=1S/C11H14N4/c1-8-4-9(13)5-11(10(8)6-12)14-7-15(2)3/h4-5,7H,13H2,1-3H3. The first-order valence-corrected chi connectivity index (χ1v) is 4.55. The number of nitriles is 1. The molecule has 0 amide bonds. The lowest BCUT2D eigenvalue weighted by molar-refractivity contribution is 0.643. The molecule has 0 aliphatic heterocycles. The van der Waals surface area contributed by atoms with Gasteiger partial charge in [0.2, 0.25) is 0 Å². The zero-order valence-electron chi connectivity index (χ0n) is 9.15. The highest BCUT2D eigenvalue weighted by molar-refractivity contribution is 5.69. The Balaban J connectivity index is 3.22. The summed E-state index contributed by atoms with van der Waals surface area (Å²) in [5.41, 5.74) is 8.35. The van der Waals surface area contributed by atoms with Gasteiger partial charge in [0.1, 0.15) is 6.07 Å². The number of hydrogen-bond acceptors (Lipinski definition) is 3. The fourth-order valence-corrected chi connectivity index (χ4v) is 1.22. The quantitative estimate of drug-likeness (QED) is 0.450. The molecule has 4 heteroatoms. The van der Waals surface area contributed by atoms with Crippen LogP contribution in [0.5, 0.6) is 0 Å². The summed E-state index contributed by atoms with van der Waals surface area (Å²) in [5, 5.41) is 8.98. The molecule has 78 valence electrons. The maximum Gasteiger partial charge on any atom is 0.102 e. The van der Waals surface area contributed by atoms with E-state index in [2.05, 4.69) is 11.1 Å². The zero-order chi connectivity index (χ0) is 11.4. The summed E-state index contributed by atoms with van der Waals surface area (Å²) in [7, 11) is 3.74. The van der Waals surface area contributed by atoms with Crippen molar-refractivity contribution in [3.63, 3.8) is 0 Å². The first kappa shape index (κ1) is 11.1. The number of nitrogen functional groups attached to an aromatic ring is 1. The zero-order valence-corrected chi connectivity index (χ0v) is 9.15. The van der Waals surface area contributed by atoms with E-state index in [1.807, 2.05) is 21.0 Å². The molecular formula is C11H14N4. The molecule has 0 bridgehead atoms. The summed E-state index contributed by atoms with van der Waals surface area (Å²) >= 11 is 0. The Labute approximate surface area is 89.6 Å². The van der Waals surface area contributed by atoms with E-state index in [0.29, 0.717) is 16.9 Å². The number of aliphatic imine (C=N–C) groups is 1. The van der Waals surface area contributed by atoms with Gasteiger partial charge in [-0.15, -0.1) is 0 Å². The molecule has 0 aliphatic carbocycles. The molecule has 1 aromatic carbocycles. The number of rotatable bonds is 2. The Morgan fingerprint density at radius 2 is 2.13 bits per heavy atom. The first-order chi connectivity index (χ1) is 7.04. The molecule has 0 saturated carbocycles. The summed E-state index contributed by atoms with van der Waals surface area (Å²) in [6.45, 7) is 1.85. The summed E-state index contributed by atoms with van der Waals surface area (Å²) in [4.78, 5) is 6.00. The maximum atomic E-state index is 8.98. The van der Waals surface area contributed by atoms with Gasteiger partial charge in [-0.25, -0.2) is 4.99 Å². The van der Waals surface area contributed by atoms with Crippen LogP contribution in [0.25, 0.3) is 0 Å². The fraction of sp³-hybridized carbons (Fsp3) is 0.273. The van der Waals surface area contributed by atoms with Gasteiger partial charge < -0.3 is 10.6 Å². The largest absolute Gasteiger partial charge is 0.399 e. The van der Waals surface area contributed by atoms with Crippen LogP contribution in [0.3, 0.4) is 0 Å². The molecule has 0 fully saturated rings. The lowest BCUT2D eigenvalue weighted by Crippen LogP contribution is -2.07. The van der Waals surface area contributed by atoms with E-state index in [0.717, 1.165) is 5.56 Å². The molecule has 2 N–H and O–H groups in total. The van der Waals surface area contributed by atoms with Crippen LogP contribution in [0.2, 0.25) is 0 Å². The minimum atomic E-state index is 0.572. The third kappa shape index (κ3) is 2.71. The SMILES string of the molecule is Cc1cc(N)cc(N=CN(C)C)c1C#N. The number of anilines is 1. The smallest absolute Gasteiger partial charge is 0.102 e. The van der Waals surface area contributed by atoms with Gasteiger partial charge in [0, 0.05) is 19.8 Å². The summed E-state index contributed by atoms with van der Waals surface area (Å²) in [6.07, 6.45) is 1.65. The molecule has 0 spiro atoms. The summed E-state index contributed by atoms with van der Waals surface area (Å²) < 4.78 is 0. The molecule has 15 heavy (non-hydrogen) atoms. The van der Waals surface area contributed by atoms with E-state index in [1.54, 1.807) is 23.4 Å². The predicted octanol–water partition coefficient (Wildman–Crippen LogP) is 1.67. The number of hydrogen-bond donors (Lipinski definition) is 1. The molecule has 4 nitrogen and oxygen atoms in total. The van der Waals surface area contributed by atoms with Gasteiger partial charge in [-0.05, 0) is 24.6 Å². The van der Waals surface area contributed by atoms with Crippen LogP contribution >= 0.6 is 0 Å². The van der Waals surface area contributed by atoms with E-state index in [4.69, 9.17) is 11.0 Å². The molecular weight excluding hydrogens is 188 g/mol. The van der Waals surface area contributed by atoms with Crippen molar-refractivity contribution in [3.05, 3.63) is 23.3 Å². The Morgan fingerprint density at radius 1 is 1.47 bits per heavy atom. The molecule has 0 aliphatic rings. The molecule has 0 heterocycles. The van der Waals surface area contributed by atoms with Gasteiger partial charge >= 0.3 is 0 Å². The molecule has 1 aromatic rings. The van der Waals surface area contributed by atoms with Crippen molar-refractivity contribution in [1.82, 2.24) is 4.90 Å². The van der Waals surface area contributed by atoms with Crippen LogP contribution in [-0.2, 0) is 0 Å². The monoisotopic (exact) mass is 202 g/mol. The second-order valence-corrected chi connectivity index (χ2v) is 3.55. The normalized spacial score (nSPS) is 10.3. The number of benzene rings is 1. The van der Waals surface area contributed by atoms with Gasteiger partial charge in [0.15, 0.2) is 0 Å². The highest BCUT2D eigenvalue weighted by Gasteiger charge is 2.05. The second kappa shape index (κ2) is 4.47. The first-order valence-electron chi connectivity index (χ1n) is 4.55. The van der Waals surface area contributed by atoms with E-state index < -0.39 is 0 Å². The lowest BCUT2D eigenvalue weighted by Gasteiger charge is -2.06. The topological polar surface area (TPSA) is 65.4 Å². The Hall–Kier alpha value is -2.02. The third-order valence-electron chi connectivity index (χ3n) is 1.88. The minimum Gasteiger partial charge on any atom is -0.399 e. The molecule has 0 radical (unpaired) electrons. The Bertz CT molecular complexity index is 427. The minimum absolute atomic E-state index is 0.572. The predicted molar refractivity (Wildman–Crippen MR) is 62.1 cm³/mol. The molecule has 0 unspecified atom stereocenters. The average molecular weight is 202 g/mol. The van der Waals surface area contributed by atoms with Crippen molar-refractivity contribution in [3.8, 4) is 6.07 Å². The molecule has 0 atom stereocenters. The lowest BCUT2D eigenvalue weighted by atomic mass is 10.1. The van der Waals surface area contributed by atoms with Crippen LogP contribution in [0.1, 0.15) is 11.1 Å². The molecule has 0 aromatic heterocycles. The van der Waals surface area contributed by atoms with E-state index in [1.165, 1.54) is 0 Å². The molecule has 1 rings (SSSR count). The van der Waals surface area contributed by atoms with E-state index in [-0.39, 0.29) is 0 Å². The van der Waals surface area contributed by atoms with Crippen molar-refractivity contribution < 1.29 is 0 Å². The highest BCUT2D eigenvalue weighted by atomic mass is 15.1. The van der Waals surface area contributed by atoms with Crippen molar-refractivity contribution in [2.45, 2.75) is 6.92 Å². The van der Waals surface area contributed by atoms with Crippen LogP contribution in [-0.4, -0.2) is 25.3 Å². The van der Waals surface area contributed by atoms with E-state index in [9.17, 15) is 0 Å². The maximum absolute atomic E-state index is 8.98. The number of nitrogens with two attached hydrogens (primary N) is 1. The Kier molecular flexibility index (Phi) is 3.29. The Morgan fingerprint density at radius 3 is 2.67 bits per heavy atom. The van der Waals surface area contributed by atoms with Crippen molar-refractivity contribution in [2.24, 2.45) is 4.99 Å². The van der Waals surface area contributed by atoms with Gasteiger partial charge in [0.25, 0.3) is 0 Å². The van der Waals surface area contributed by atoms with E-state index >= 15 is 0 Å².